The summed E-state index contributed by atoms with van der Waals surface area (Å²) in [4.78, 5) is 26.1. The number of hydrogen-bond donors (Lipinski definition) is 4. The number of hydrogen-bond acceptors (Lipinski definition) is 6. The van der Waals surface area contributed by atoms with E-state index in [2.05, 4.69) is 5.32 Å². The van der Waals surface area contributed by atoms with Crippen molar-refractivity contribution < 1.29 is 24.9 Å². The summed E-state index contributed by atoms with van der Waals surface area (Å²) in [5, 5.41) is 33.7. The quantitative estimate of drug-likeness (QED) is 0.460. The average Bonchev–Trinajstić information content (AvgIpc) is 3.07. The number of pyridine rings is 1. The zero-order valence-corrected chi connectivity index (χ0v) is 18.0. The van der Waals surface area contributed by atoms with E-state index in [-0.39, 0.29) is 17.5 Å². The van der Waals surface area contributed by atoms with Crippen LogP contribution in [0.15, 0.2) is 53.5 Å². The van der Waals surface area contributed by atoms with Crippen molar-refractivity contribution in [3.8, 4) is 0 Å². The second-order valence-corrected chi connectivity index (χ2v) is 8.27. The predicted octanol–water partition coefficient (Wildman–Crippen LogP) is 1.50. The van der Waals surface area contributed by atoms with Crippen LogP contribution < -0.4 is 10.7 Å². The van der Waals surface area contributed by atoms with Gasteiger partial charge in [-0.1, -0.05) is 35.4 Å². The molecule has 1 saturated heterocycles. The van der Waals surface area contributed by atoms with Crippen LogP contribution >= 0.6 is 11.6 Å². The monoisotopic (exact) mass is 458 g/mol. The molecule has 32 heavy (non-hydrogen) atoms. The Bertz CT molecular complexity index is 1210. The van der Waals surface area contributed by atoms with Crippen LogP contribution in [0.5, 0.6) is 0 Å². The number of aliphatic hydroxyl groups excluding tert-OH is 3. The van der Waals surface area contributed by atoms with Crippen molar-refractivity contribution in [2.24, 2.45) is 0 Å². The first-order valence-corrected chi connectivity index (χ1v) is 10.5. The fourth-order valence-corrected chi connectivity index (χ4v) is 3.96. The predicted molar refractivity (Wildman–Crippen MR) is 119 cm³/mol. The van der Waals surface area contributed by atoms with Gasteiger partial charge in [0.05, 0.1) is 12.1 Å². The number of carbonyl (C=O) groups excluding carboxylic acids is 1. The molecule has 0 unspecified atom stereocenters. The standard InChI is InChI=1S/C23H23ClN2O6/c1-12-2-7-17-15(8-12)19(28)16(22(31)25-9-13-3-5-14(24)6-4-13)10-26(17)23-21(30)20(29)18(11-27)32-23/h2-8,10,18,20-21,23,27,29-30H,9,11H2,1H3,(H,25,31)/t18-,20-,21-,23-/m1/s1. The first-order valence-electron chi connectivity index (χ1n) is 10.1. The molecule has 9 heteroatoms. The first-order chi connectivity index (χ1) is 15.3. The minimum atomic E-state index is -1.36. The molecule has 1 amide bonds. The normalized spacial score (nSPS) is 22.9. The molecule has 2 heterocycles. The maximum atomic E-state index is 13.1. The highest BCUT2D eigenvalue weighted by molar-refractivity contribution is 6.30. The molecule has 0 aliphatic carbocycles. The van der Waals surface area contributed by atoms with Crippen molar-refractivity contribution in [2.75, 3.05) is 6.61 Å². The SMILES string of the molecule is Cc1ccc2c(c1)c(=O)c(C(=O)NCc1ccc(Cl)cc1)cn2[C@@H]1O[C@H](CO)[C@@H](O)[C@H]1O. The maximum Gasteiger partial charge on any atom is 0.257 e. The molecule has 4 atom stereocenters. The van der Waals surface area contributed by atoms with Crippen LogP contribution in [0.4, 0.5) is 0 Å². The summed E-state index contributed by atoms with van der Waals surface area (Å²) in [5.41, 5.74) is 1.48. The number of carbonyl (C=O) groups is 1. The number of ether oxygens (including phenoxy) is 1. The molecule has 0 bridgehead atoms. The molecule has 1 aliphatic heterocycles. The third kappa shape index (κ3) is 4.15. The lowest BCUT2D eigenvalue weighted by molar-refractivity contribution is -0.0509. The van der Waals surface area contributed by atoms with E-state index in [4.69, 9.17) is 16.3 Å². The summed E-state index contributed by atoms with van der Waals surface area (Å²) >= 11 is 5.88. The van der Waals surface area contributed by atoms with E-state index in [1.807, 2.05) is 6.92 Å². The van der Waals surface area contributed by atoms with Gasteiger partial charge in [0, 0.05) is 23.2 Å². The van der Waals surface area contributed by atoms with Gasteiger partial charge in [0.25, 0.3) is 5.91 Å². The van der Waals surface area contributed by atoms with Gasteiger partial charge in [-0.3, -0.25) is 9.59 Å². The average molecular weight is 459 g/mol. The number of benzene rings is 2. The second-order valence-electron chi connectivity index (χ2n) is 7.84. The maximum absolute atomic E-state index is 13.1. The van der Waals surface area contributed by atoms with Crippen LogP contribution in [0.2, 0.25) is 5.02 Å². The number of nitrogens with one attached hydrogen (secondary N) is 1. The largest absolute Gasteiger partial charge is 0.394 e. The van der Waals surface area contributed by atoms with Crippen molar-refractivity contribution in [1.82, 2.24) is 9.88 Å². The van der Waals surface area contributed by atoms with Gasteiger partial charge in [-0.2, -0.15) is 0 Å². The van der Waals surface area contributed by atoms with Crippen molar-refractivity contribution in [3.63, 3.8) is 0 Å². The summed E-state index contributed by atoms with van der Waals surface area (Å²) in [6, 6.07) is 12.1. The summed E-state index contributed by atoms with van der Waals surface area (Å²) in [6.45, 7) is 1.53. The molecule has 1 aliphatic rings. The van der Waals surface area contributed by atoms with Gasteiger partial charge in [0.15, 0.2) is 6.23 Å². The van der Waals surface area contributed by atoms with Crippen LogP contribution in [0.3, 0.4) is 0 Å². The van der Waals surface area contributed by atoms with Gasteiger partial charge < -0.3 is 29.9 Å². The number of aromatic nitrogens is 1. The Kier molecular flexibility index (Phi) is 6.32. The zero-order chi connectivity index (χ0) is 23.0. The molecule has 168 valence electrons. The highest BCUT2D eigenvalue weighted by atomic mass is 35.5. The topological polar surface area (TPSA) is 121 Å². The van der Waals surface area contributed by atoms with Gasteiger partial charge in [-0.15, -0.1) is 0 Å². The van der Waals surface area contributed by atoms with Crippen LogP contribution in [0, 0.1) is 6.92 Å². The molecule has 0 radical (unpaired) electrons. The molecular weight excluding hydrogens is 436 g/mol. The highest BCUT2D eigenvalue weighted by Gasteiger charge is 2.43. The molecule has 1 fully saturated rings. The Balaban J connectivity index is 1.74. The Morgan fingerprint density at radius 3 is 2.53 bits per heavy atom. The molecule has 2 aromatic carbocycles. The van der Waals surface area contributed by atoms with Gasteiger partial charge in [0.1, 0.15) is 23.9 Å². The molecular formula is C23H23ClN2O6. The number of aliphatic hydroxyl groups is 3. The van der Waals surface area contributed by atoms with Crippen molar-refractivity contribution in [2.45, 2.75) is 38.0 Å². The van der Waals surface area contributed by atoms with Crippen molar-refractivity contribution in [3.05, 3.63) is 80.6 Å². The number of halogens is 1. The molecule has 4 N–H and O–H groups in total. The van der Waals surface area contributed by atoms with Crippen LogP contribution in [-0.2, 0) is 11.3 Å². The molecule has 3 aromatic rings. The summed E-state index contributed by atoms with van der Waals surface area (Å²) in [5.74, 6) is -0.589. The lowest BCUT2D eigenvalue weighted by Gasteiger charge is -2.22. The number of rotatable bonds is 5. The summed E-state index contributed by atoms with van der Waals surface area (Å²) in [7, 11) is 0. The van der Waals surface area contributed by atoms with Crippen LogP contribution in [-0.4, -0.2) is 50.7 Å². The van der Waals surface area contributed by atoms with Gasteiger partial charge in [-0.25, -0.2) is 0 Å². The molecule has 0 spiro atoms. The van der Waals surface area contributed by atoms with Gasteiger partial charge >= 0.3 is 0 Å². The van der Waals surface area contributed by atoms with Gasteiger partial charge in [-0.05, 0) is 36.8 Å². The lowest BCUT2D eigenvalue weighted by Crippen LogP contribution is -2.34. The van der Waals surface area contributed by atoms with Gasteiger partial charge in [0.2, 0.25) is 5.43 Å². The Labute approximate surface area is 188 Å². The minimum Gasteiger partial charge on any atom is -0.394 e. The van der Waals surface area contributed by atoms with Crippen LogP contribution in [0.1, 0.15) is 27.7 Å². The number of nitrogens with zero attached hydrogens (tertiary/aromatic N) is 1. The molecule has 4 rings (SSSR count). The Morgan fingerprint density at radius 2 is 1.88 bits per heavy atom. The molecule has 8 nitrogen and oxygen atoms in total. The van der Waals surface area contributed by atoms with E-state index in [0.717, 1.165) is 11.1 Å². The van der Waals surface area contributed by atoms with Crippen LogP contribution in [0.25, 0.3) is 10.9 Å². The fourth-order valence-electron chi connectivity index (χ4n) is 3.83. The second kappa shape index (κ2) is 9.01. The fraction of sp³-hybridized carbons (Fsp3) is 0.304. The van der Waals surface area contributed by atoms with E-state index in [0.29, 0.717) is 10.5 Å². The zero-order valence-electron chi connectivity index (χ0n) is 17.2. The third-order valence-corrected chi connectivity index (χ3v) is 5.84. The van der Waals surface area contributed by atoms with Crippen molar-refractivity contribution in [1.29, 1.82) is 0 Å². The Morgan fingerprint density at radius 1 is 1.16 bits per heavy atom. The van der Waals surface area contributed by atoms with E-state index in [9.17, 15) is 24.9 Å². The Hall–Kier alpha value is -2.75. The summed E-state index contributed by atoms with van der Waals surface area (Å²) < 4.78 is 7.10. The first kappa shape index (κ1) is 22.4. The third-order valence-electron chi connectivity index (χ3n) is 5.59. The van der Waals surface area contributed by atoms with E-state index in [1.165, 1.54) is 10.8 Å². The van der Waals surface area contributed by atoms with E-state index in [1.54, 1.807) is 42.5 Å². The number of aryl methyl sites for hydroxylation is 1. The summed E-state index contributed by atoms with van der Waals surface area (Å²) in [6.07, 6.45) is -3.43. The smallest absolute Gasteiger partial charge is 0.257 e. The number of amides is 1. The lowest BCUT2D eigenvalue weighted by atomic mass is 10.1. The van der Waals surface area contributed by atoms with Crippen molar-refractivity contribution >= 4 is 28.4 Å². The molecule has 1 aromatic heterocycles. The number of fused-ring (bicyclic) bond motifs is 1. The minimum absolute atomic E-state index is 0.130. The highest BCUT2D eigenvalue weighted by Crippen LogP contribution is 2.31. The van der Waals surface area contributed by atoms with E-state index < -0.39 is 42.5 Å². The molecule has 0 saturated carbocycles. The van der Waals surface area contributed by atoms with E-state index >= 15 is 0 Å².